The van der Waals surface area contributed by atoms with E-state index >= 15 is 0 Å². The van der Waals surface area contributed by atoms with Gasteiger partial charge in [-0.1, -0.05) is 19.3 Å². The van der Waals surface area contributed by atoms with Gasteiger partial charge in [0.25, 0.3) is 0 Å². The summed E-state index contributed by atoms with van der Waals surface area (Å²) >= 11 is 0. The van der Waals surface area contributed by atoms with E-state index in [0.29, 0.717) is 0 Å². The van der Waals surface area contributed by atoms with Crippen molar-refractivity contribution in [3.63, 3.8) is 0 Å². The molecule has 0 saturated heterocycles. The maximum atomic E-state index is 9.21. The lowest BCUT2D eigenvalue weighted by Gasteiger charge is -2.20. The van der Waals surface area contributed by atoms with Crippen molar-refractivity contribution in [2.75, 3.05) is 5.32 Å². The van der Waals surface area contributed by atoms with Crippen LogP contribution in [0.3, 0.4) is 0 Å². The molecule has 1 aliphatic carbocycles. The van der Waals surface area contributed by atoms with Gasteiger partial charge >= 0.3 is 0 Å². The van der Waals surface area contributed by atoms with E-state index in [4.69, 9.17) is 0 Å². The summed E-state index contributed by atoms with van der Waals surface area (Å²) in [6, 6.07) is 4.74. The topological polar surface area (TPSA) is 53.6 Å². The van der Waals surface area contributed by atoms with Crippen LogP contribution in [0.1, 0.15) is 37.8 Å². The Morgan fingerprint density at radius 2 is 2.18 bits per heavy atom. The van der Waals surface area contributed by atoms with Crippen molar-refractivity contribution >= 4 is 5.82 Å². The molecule has 1 N–H and O–H groups in total. The summed E-state index contributed by atoms with van der Waals surface area (Å²) < 4.78 is 1.86. The van der Waals surface area contributed by atoms with Gasteiger partial charge in [0, 0.05) is 24.8 Å². The minimum atomic E-state index is 0.125. The summed E-state index contributed by atoms with van der Waals surface area (Å²) in [5.74, 6) is 1.02. The number of rotatable bonds is 2. The summed E-state index contributed by atoms with van der Waals surface area (Å²) in [5.41, 5.74) is 1.13. The summed E-state index contributed by atoms with van der Waals surface area (Å²) in [6.45, 7) is 2.03. The van der Waals surface area contributed by atoms with Crippen molar-refractivity contribution in [1.82, 2.24) is 9.78 Å². The van der Waals surface area contributed by atoms with Crippen LogP contribution in [-0.2, 0) is 7.05 Å². The van der Waals surface area contributed by atoms with Crippen molar-refractivity contribution in [2.24, 2.45) is 13.0 Å². The second kappa shape index (κ2) is 5.22. The summed E-state index contributed by atoms with van der Waals surface area (Å²) in [5, 5.41) is 17.0. The molecule has 4 heteroatoms. The van der Waals surface area contributed by atoms with Crippen LogP contribution >= 0.6 is 0 Å². The fourth-order valence-electron chi connectivity index (χ4n) is 2.46. The number of nitriles is 1. The Kier molecular flexibility index (Phi) is 3.68. The molecule has 1 aromatic heterocycles. The van der Waals surface area contributed by atoms with E-state index in [1.165, 1.54) is 19.3 Å². The maximum absolute atomic E-state index is 9.21. The normalized spacial score (nSPS) is 25.0. The smallest absolute Gasteiger partial charge is 0.148 e. The average molecular weight is 232 g/mol. The van der Waals surface area contributed by atoms with Crippen molar-refractivity contribution in [3.8, 4) is 6.07 Å². The van der Waals surface area contributed by atoms with Crippen LogP contribution in [0.25, 0.3) is 0 Å². The third kappa shape index (κ3) is 2.79. The molecule has 0 bridgehead atoms. The molecule has 1 fully saturated rings. The molecule has 1 heterocycles. The highest BCUT2D eigenvalue weighted by Gasteiger charge is 2.23. The lowest BCUT2D eigenvalue weighted by Crippen LogP contribution is -2.27. The zero-order valence-corrected chi connectivity index (χ0v) is 10.6. The van der Waals surface area contributed by atoms with E-state index in [9.17, 15) is 5.26 Å². The van der Waals surface area contributed by atoms with Gasteiger partial charge in [-0.15, -0.1) is 0 Å². The van der Waals surface area contributed by atoms with Crippen molar-refractivity contribution < 1.29 is 0 Å². The molecular formula is C13H20N4. The molecule has 0 aliphatic heterocycles. The second-order valence-corrected chi connectivity index (χ2v) is 4.92. The van der Waals surface area contributed by atoms with E-state index in [2.05, 4.69) is 16.5 Å². The third-order valence-corrected chi connectivity index (χ3v) is 3.63. The zero-order valence-electron chi connectivity index (χ0n) is 10.6. The predicted molar refractivity (Wildman–Crippen MR) is 67.5 cm³/mol. The zero-order chi connectivity index (χ0) is 12.3. The van der Waals surface area contributed by atoms with Crippen LogP contribution in [0, 0.1) is 24.2 Å². The molecule has 2 rings (SSSR count). The Labute approximate surface area is 103 Å². The Hall–Kier alpha value is -1.50. The molecule has 1 aliphatic rings. The van der Waals surface area contributed by atoms with Gasteiger partial charge in [0.2, 0.25) is 0 Å². The van der Waals surface area contributed by atoms with E-state index < -0.39 is 0 Å². The lowest BCUT2D eigenvalue weighted by atomic mass is 9.96. The number of aryl methyl sites for hydroxylation is 2. The van der Waals surface area contributed by atoms with Crippen molar-refractivity contribution in [1.29, 1.82) is 5.26 Å². The number of aromatic nitrogens is 2. The van der Waals surface area contributed by atoms with Gasteiger partial charge in [0.15, 0.2) is 0 Å². The van der Waals surface area contributed by atoms with E-state index in [1.54, 1.807) is 0 Å². The quantitative estimate of drug-likeness (QED) is 0.797. The Morgan fingerprint density at radius 1 is 1.41 bits per heavy atom. The number of anilines is 1. The van der Waals surface area contributed by atoms with Gasteiger partial charge in [-0.25, -0.2) is 0 Å². The van der Waals surface area contributed by atoms with E-state index in [-0.39, 0.29) is 12.0 Å². The van der Waals surface area contributed by atoms with Crippen LogP contribution in [-0.4, -0.2) is 15.8 Å². The average Bonchev–Trinajstić information content (AvgIpc) is 2.53. The largest absolute Gasteiger partial charge is 0.365 e. The van der Waals surface area contributed by atoms with Crippen LogP contribution in [0.2, 0.25) is 0 Å². The first-order valence-electron chi connectivity index (χ1n) is 6.37. The Balaban J connectivity index is 2.07. The number of hydrogen-bond donors (Lipinski definition) is 1. The first-order chi connectivity index (χ1) is 8.20. The first kappa shape index (κ1) is 12.0. The highest BCUT2D eigenvalue weighted by molar-refractivity contribution is 5.37. The second-order valence-electron chi connectivity index (χ2n) is 4.92. The standard InChI is InChI=1S/C13H20N4/c1-10-8-13(16-17(10)2)15-12-7-5-3-4-6-11(12)9-14/h8,11-12H,3-7H2,1-2H3,(H,15,16). The molecule has 0 aromatic carbocycles. The van der Waals surface area contributed by atoms with Crippen molar-refractivity contribution in [3.05, 3.63) is 11.8 Å². The summed E-state index contributed by atoms with van der Waals surface area (Å²) in [6.07, 6.45) is 5.73. The van der Waals surface area contributed by atoms with E-state index in [0.717, 1.165) is 24.4 Å². The van der Waals surface area contributed by atoms with Gasteiger partial charge in [0.1, 0.15) is 5.82 Å². The third-order valence-electron chi connectivity index (χ3n) is 3.63. The predicted octanol–water partition coefficient (Wildman–Crippen LogP) is 2.61. The fourth-order valence-corrected chi connectivity index (χ4v) is 2.46. The Bertz CT molecular complexity index is 396. The van der Waals surface area contributed by atoms with Crippen molar-refractivity contribution in [2.45, 2.75) is 45.1 Å². The monoisotopic (exact) mass is 232 g/mol. The van der Waals surface area contributed by atoms with Crippen LogP contribution in [0.4, 0.5) is 5.82 Å². The molecule has 0 radical (unpaired) electrons. The number of hydrogen-bond acceptors (Lipinski definition) is 3. The number of nitrogens with one attached hydrogen (secondary N) is 1. The molecule has 2 atom stereocenters. The molecular weight excluding hydrogens is 212 g/mol. The van der Waals surface area contributed by atoms with Gasteiger partial charge < -0.3 is 5.32 Å². The first-order valence-corrected chi connectivity index (χ1v) is 6.37. The fraction of sp³-hybridized carbons (Fsp3) is 0.692. The lowest BCUT2D eigenvalue weighted by molar-refractivity contribution is 0.512. The minimum Gasteiger partial charge on any atom is -0.365 e. The van der Waals surface area contributed by atoms with Gasteiger partial charge in [-0.2, -0.15) is 10.4 Å². The van der Waals surface area contributed by atoms with Gasteiger partial charge in [-0.3, -0.25) is 4.68 Å². The minimum absolute atomic E-state index is 0.125. The molecule has 92 valence electrons. The molecule has 1 aromatic rings. The highest BCUT2D eigenvalue weighted by atomic mass is 15.3. The Morgan fingerprint density at radius 3 is 2.82 bits per heavy atom. The molecule has 0 spiro atoms. The molecule has 17 heavy (non-hydrogen) atoms. The van der Waals surface area contributed by atoms with Crippen LogP contribution in [0.5, 0.6) is 0 Å². The van der Waals surface area contributed by atoms with Crippen LogP contribution < -0.4 is 5.32 Å². The summed E-state index contributed by atoms with van der Waals surface area (Å²) in [4.78, 5) is 0. The molecule has 2 unspecified atom stereocenters. The van der Waals surface area contributed by atoms with Crippen LogP contribution in [0.15, 0.2) is 6.07 Å². The van der Waals surface area contributed by atoms with Gasteiger partial charge in [-0.05, 0) is 19.8 Å². The maximum Gasteiger partial charge on any atom is 0.148 e. The highest BCUT2D eigenvalue weighted by Crippen LogP contribution is 2.25. The van der Waals surface area contributed by atoms with Gasteiger partial charge in [0.05, 0.1) is 12.0 Å². The number of nitrogens with zero attached hydrogens (tertiary/aromatic N) is 3. The molecule has 0 amide bonds. The molecule has 4 nitrogen and oxygen atoms in total. The SMILES string of the molecule is Cc1cc(NC2CCCCCC2C#N)nn1C. The summed E-state index contributed by atoms with van der Waals surface area (Å²) in [7, 11) is 1.94. The van der Waals surface area contributed by atoms with E-state index in [1.807, 2.05) is 24.7 Å². The molecule has 1 saturated carbocycles.